The molecule has 4 nitrogen and oxygen atoms in total. The third-order valence-electron chi connectivity index (χ3n) is 3.55. The first kappa shape index (κ1) is 15.1. The van der Waals surface area contributed by atoms with Crippen LogP contribution in [-0.4, -0.2) is 9.97 Å². The van der Waals surface area contributed by atoms with E-state index in [1.54, 1.807) is 12.4 Å². The molecule has 0 atom stereocenters. The van der Waals surface area contributed by atoms with E-state index in [9.17, 15) is 0 Å². The first-order chi connectivity index (χ1) is 11.8. The molecular weight excluding hydrogens is 343 g/mol. The van der Waals surface area contributed by atoms with E-state index in [0.29, 0.717) is 11.5 Å². The molecule has 24 heavy (non-hydrogen) atoms. The van der Waals surface area contributed by atoms with Gasteiger partial charge in [-0.1, -0.05) is 12.1 Å². The van der Waals surface area contributed by atoms with Crippen LogP contribution < -0.4 is 9.05 Å². The largest absolute Gasteiger partial charge is 0.427 e. The minimum Gasteiger partial charge on any atom is -0.427 e. The highest BCUT2D eigenvalue weighted by molar-refractivity contribution is 7.76. The fourth-order valence-corrected chi connectivity index (χ4v) is 3.59. The summed E-state index contributed by atoms with van der Waals surface area (Å²) in [4.78, 5) is 8.62. The van der Waals surface area contributed by atoms with E-state index >= 15 is 0 Å². The van der Waals surface area contributed by atoms with Gasteiger partial charge in [0, 0.05) is 23.2 Å². The molecule has 0 spiro atoms. The van der Waals surface area contributed by atoms with Crippen molar-refractivity contribution in [2.45, 2.75) is 0 Å². The van der Waals surface area contributed by atoms with Gasteiger partial charge in [0.2, 0.25) is 0 Å². The van der Waals surface area contributed by atoms with E-state index in [1.165, 1.54) is 0 Å². The van der Waals surface area contributed by atoms with Crippen molar-refractivity contribution in [3.63, 3.8) is 0 Å². The molecule has 2 heterocycles. The molecule has 0 bridgehead atoms. The minimum atomic E-state index is -1.66. The van der Waals surface area contributed by atoms with Crippen molar-refractivity contribution in [2.24, 2.45) is 0 Å². The summed E-state index contributed by atoms with van der Waals surface area (Å²) >= 11 is 6.33. The number of halogens is 1. The monoisotopic (exact) mass is 354 g/mol. The molecule has 0 amide bonds. The predicted molar refractivity (Wildman–Crippen MR) is 97.5 cm³/mol. The van der Waals surface area contributed by atoms with Crippen LogP contribution in [0.5, 0.6) is 11.5 Å². The maximum atomic E-state index is 6.33. The number of fused-ring (bicyclic) bond motifs is 2. The highest BCUT2D eigenvalue weighted by Gasteiger charge is 2.15. The second kappa shape index (κ2) is 6.60. The number of rotatable bonds is 4. The molecule has 2 aromatic heterocycles. The van der Waals surface area contributed by atoms with Crippen LogP contribution in [0.4, 0.5) is 0 Å². The Morgan fingerprint density at radius 1 is 0.667 bits per heavy atom. The molecule has 4 rings (SSSR count). The van der Waals surface area contributed by atoms with Gasteiger partial charge < -0.3 is 9.05 Å². The zero-order valence-corrected chi connectivity index (χ0v) is 14.1. The summed E-state index contributed by atoms with van der Waals surface area (Å²) in [7, 11) is -1.66. The average Bonchev–Trinajstić information content (AvgIpc) is 2.62. The van der Waals surface area contributed by atoms with Crippen LogP contribution in [0.1, 0.15) is 0 Å². The van der Waals surface area contributed by atoms with Gasteiger partial charge in [-0.05, 0) is 59.8 Å². The second-order valence-electron chi connectivity index (χ2n) is 5.05. The molecule has 118 valence electrons. The number of hydrogen-bond donors (Lipinski definition) is 0. The van der Waals surface area contributed by atoms with Crippen molar-refractivity contribution < 1.29 is 9.05 Å². The van der Waals surface area contributed by atoms with Crippen molar-refractivity contribution >= 4 is 40.8 Å². The summed E-state index contributed by atoms with van der Waals surface area (Å²) in [6.07, 6.45) is 3.49. The number of pyridine rings is 2. The third kappa shape index (κ3) is 2.99. The Morgan fingerprint density at radius 3 is 1.67 bits per heavy atom. The van der Waals surface area contributed by atoms with Crippen LogP contribution in [0.15, 0.2) is 73.1 Å². The maximum absolute atomic E-state index is 6.33. The SMILES string of the molecule is ClP(Oc1cccc2ncccc12)Oc1cccc2ncccc12. The standard InChI is InChI=1S/C18H12ClN2O2P/c19-24(22-17-9-1-7-15-13(17)5-3-11-20-15)23-18-10-2-8-16-14(18)6-4-12-21-16/h1-12H. The molecule has 4 aromatic rings. The molecule has 0 aliphatic carbocycles. The molecule has 0 N–H and O–H groups in total. The van der Waals surface area contributed by atoms with E-state index in [1.807, 2.05) is 60.7 Å². The Balaban J connectivity index is 1.61. The van der Waals surface area contributed by atoms with E-state index < -0.39 is 7.73 Å². The smallest absolute Gasteiger partial charge is 0.401 e. The van der Waals surface area contributed by atoms with Crippen LogP contribution in [0.2, 0.25) is 0 Å². The van der Waals surface area contributed by atoms with Gasteiger partial charge in [0.25, 0.3) is 0 Å². The summed E-state index contributed by atoms with van der Waals surface area (Å²) in [6.45, 7) is 0. The summed E-state index contributed by atoms with van der Waals surface area (Å²) in [5.41, 5.74) is 1.70. The van der Waals surface area contributed by atoms with Crippen LogP contribution in [0, 0.1) is 0 Å². The van der Waals surface area contributed by atoms with Crippen molar-refractivity contribution in [1.29, 1.82) is 0 Å². The Bertz CT molecular complexity index is 920. The molecule has 0 aliphatic rings. The lowest BCUT2D eigenvalue weighted by atomic mass is 10.2. The molecule has 0 fully saturated rings. The molecular formula is C18H12ClN2O2P. The van der Waals surface area contributed by atoms with Gasteiger partial charge in [0.1, 0.15) is 11.5 Å². The Kier molecular flexibility index (Phi) is 4.16. The Morgan fingerprint density at radius 2 is 1.17 bits per heavy atom. The lowest BCUT2D eigenvalue weighted by molar-refractivity contribution is 0.514. The number of hydrogen-bond acceptors (Lipinski definition) is 4. The van der Waals surface area contributed by atoms with Crippen LogP contribution in [-0.2, 0) is 0 Å². The summed E-state index contributed by atoms with van der Waals surface area (Å²) in [5, 5.41) is 1.80. The van der Waals surface area contributed by atoms with E-state index in [2.05, 4.69) is 9.97 Å². The zero-order valence-electron chi connectivity index (χ0n) is 12.5. The Labute approximate surface area is 144 Å². The molecule has 0 unspecified atom stereocenters. The quantitative estimate of drug-likeness (QED) is 0.440. The second-order valence-corrected chi connectivity index (χ2v) is 6.67. The van der Waals surface area contributed by atoms with E-state index in [4.69, 9.17) is 20.3 Å². The average molecular weight is 355 g/mol. The molecule has 0 saturated heterocycles. The lowest BCUT2D eigenvalue weighted by Crippen LogP contribution is -1.93. The van der Waals surface area contributed by atoms with Gasteiger partial charge in [0.05, 0.1) is 11.0 Å². The normalized spacial score (nSPS) is 11.1. The minimum absolute atomic E-state index is 0.653. The van der Waals surface area contributed by atoms with Crippen LogP contribution >= 0.6 is 19.0 Å². The van der Waals surface area contributed by atoms with Crippen LogP contribution in [0.25, 0.3) is 21.8 Å². The first-order valence-corrected chi connectivity index (χ1v) is 9.39. The molecule has 0 saturated carbocycles. The van der Waals surface area contributed by atoms with E-state index in [-0.39, 0.29) is 0 Å². The van der Waals surface area contributed by atoms with Gasteiger partial charge in [-0.2, -0.15) is 0 Å². The van der Waals surface area contributed by atoms with Crippen molar-refractivity contribution in [1.82, 2.24) is 9.97 Å². The highest BCUT2D eigenvalue weighted by Crippen LogP contribution is 2.47. The summed E-state index contributed by atoms with van der Waals surface area (Å²) in [5.74, 6) is 1.31. The summed E-state index contributed by atoms with van der Waals surface area (Å²) in [6, 6.07) is 18.9. The molecule has 0 radical (unpaired) electrons. The topological polar surface area (TPSA) is 44.2 Å². The fourth-order valence-electron chi connectivity index (χ4n) is 2.48. The first-order valence-electron chi connectivity index (χ1n) is 7.30. The number of nitrogens with zero attached hydrogens (tertiary/aromatic N) is 2. The van der Waals surface area contributed by atoms with Gasteiger partial charge >= 0.3 is 7.73 Å². The molecule has 6 heteroatoms. The molecule has 0 aliphatic heterocycles. The van der Waals surface area contributed by atoms with Crippen LogP contribution in [0.3, 0.4) is 0 Å². The highest BCUT2D eigenvalue weighted by atomic mass is 35.7. The van der Waals surface area contributed by atoms with Crippen molar-refractivity contribution in [2.75, 3.05) is 0 Å². The molecule has 2 aromatic carbocycles. The predicted octanol–water partition coefficient (Wildman–Crippen LogP) is 5.71. The van der Waals surface area contributed by atoms with Gasteiger partial charge in [-0.15, -0.1) is 0 Å². The fraction of sp³-hybridized carbons (Fsp3) is 0. The van der Waals surface area contributed by atoms with Gasteiger partial charge in [-0.25, -0.2) is 0 Å². The maximum Gasteiger partial charge on any atom is 0.401 e. The van der Waals surface area contributed by atoms with Crippen molar-refractivity contribution in [3.8, 4) is 11.5 Å². The zero-order chi connectivity index (χ0) is 16.4. The van der Waals surface area contributed by atoms with E-state index in [0.717, 1.165) is 21.8 Å². The van der Waals surface area contributed by atoms with Gasteiger partial charge in [0.15, 0.2) is 0 Å². The lowest BCUT2D eigenvalue weighted by Gasteiger charge is -2.14. The number of benzene rings is 2. The van der Waals surface area contributed by atoms with Gasteiger partial charge in [-0.3, -0.25) is 9.97 Å². The number of aromatic nitrogens is 2. The third-order valence-corrected chi connectivity index (χ3v) is 4.65. The Hall–Kier alpha value is -2.42. The van der Waals surface area contributed by atoms with Crippen molar-refractivity contribution in [3.05, 3.63) is 73.1 Å². The summed E-state index contributed by atoms with van der Waals surface area (Å²) < 4.78 is 11.7.